The lowest BCUT2D eigenvalue weighted by Crippen LogP contribution is -2.43. The van der Waals surface area contributed by atoms with Crippen molar-refractivity contribution in [3.05, 3.63) is 10.6 Å². The molecule has 0 saturated carbocycles. The van der Waals surface area contributed by atoms with Gasteiger partial charge < -0.3 is 0 Å². The summed E-state index contributed by atoms with van der Waals surface area (Å²) < 4.78 is 49.8. The minimum atomic E-state index is -3.91. The van der Waals surface area contributed by atoms with Gasteiger partial charge in [-0.05, 0) is 6.42 Å². The van der Waals surface area contributed by atoms with E-state index in [4.69, 9.17) is 0 Å². The molecule has 0 fully saturated rings. The van der Waals surface area contributed by atoms with E-state index in [0.29, 0.717) is 13.0 Å². The van der Waals surface area contributed by atoms with Crippen LogP contribution in [-0.4, -0.2) is 36.9 Å². The van der Waals surface area contributed by atoms with E-state index in [1.807, 2.05) is 6.08 Å². The molecule has 0 bridgehead atoms. The highest BCUT2D eigenvalue weighted by atomic mass is 79.9. The maximum absolute atomic E-state index is 12.6. The molecule has 1 nitrogen and oxygen atoms in total. The van der Waals surface area contributed by atoms with Crippen molar-refractivity contribution in [1.29, 1.82) is 0 Å². The van der Waals surface area contributed by atoms with Gasteiger partial charge in [0.2, 0.25) is 0 Å². The Bertz CT molecular complexity index is 229. The number of hydrogen-bond acceptors (Lipinski definition) is 1. The van der Waals surface area contributed by atoms with Crippen LogP contribution in [0.25, 0.3) is 0 Å². The second-order valence-electron chi connectivity index (χ2n) is 3.21. The molecule has 0 amide bonds. The minimum absolute atomic E-state index is 0.280. The monoisotopic (exact) mass is 275 g/mol. The molecule has 0 aromatic heterocycles. The Morgan fingerprint density at radius 1 is 1.50 bits per heavy atom. The molecule has 0 unspecified atom stereocenters. The normalized spacial score (nSPS) is 20.0. The fraction of sp³-hybridized carbons (Fsp3) is 0.750. The van der Waals surface area contributed by atoms with Gasteiger partial charge in [0.25, 0.3) is 0 Å². The summed E-state index contributed by atoms with van der Waals surface area (Å²) in [6, 6.07) is 0. The maximum Gasteiger partial charge on any atom is 0.319 e. The third-order valence-electron chi connectivity index (χ3n) is 1.94. The van der Waals surface area contributed by atoms with Gasteiger partial charge in [0, 0.05) is 17.6 Å². The van der Waals surface area contributed by atoms with Crippen molar-refractivity contribution in [2.75, 3.05) is 19.6 Å². The van der Waals surface area contributed by atoms with Gasteiger partial charge >= 0.3 is 12.3 Å². The van der Waals surface area contributed by atoms with E-state index in [9.17, 15) is 17.6 Å². The summed E-state index contributed by atoms with van der Waals surface area (Å²) in [5.41, 5.74) is 0. The molecule has 1 aliphatic heterocycles. The van der Waals surface area contributed by atoms with E-state index >= 15 is 0 Å². The Labute approximate surface area is 87.9 Å². The van der Waals surface area contributed by atoms with Gasteiger partial charge in [0.1, 0.15) is 0 Å². The predicted octanol–water partition coefficient (Wildman–Crippen LogP) is 2.87. The van der Waals surface area contributed by atoms with Crippen molar-refractivity contribution in [3.8, 4) is 0 Å². The van der Waals surface area contributed by atoms with Gasteiger partial charge in [-0.3, -0.25) is 4.90 Å². The summed E-state index contributed by atoms with van der Waals surface area (Å²) in [6.45, 7) is -0.201. The fourth-order valence-corrected chi connectivity index (χ4v) is 1.85. The van der Waals surface area contributed by atoms with Gasteiger partial charge in [-0.15, -0.1) is 0 Å². The average molecular weight is 276 g/mol. The highest BCUT2D eigenvalue weighted by Crippen LogP contribution is 2.26. The minimum Gasteiger partial charge on any atom is -0.292 e. The van der Waals surface area contributed by atoms with Crippen LogP contribution in [0.5, 0.6) is 0 Å². The van der Waals surface area contributed by atoms with E-state index in [1.54, 1.807) is 0 Å². The van der Waals surface area contributed by atoms with Crippen LogP contribution in [0.1, 0.15) is 6.42 Å². The third kappa shape index (κ3) is 3.24. The SMILES string of the molecule is FC(F)C(F)(F)CN1CCC=C(Br)C1. The first-order chi connectivity index (χ1) is 6.42. The van der Waals surface area contributed by atoms with Crippen molar-refractivity contribution >= 4 is 15.9 Å². The molecule has 0 radical (unpaired) electrons. The van der Waals surface area contributed by atoms with Crippen LogP contribution in [0.15, 0.2) is 10.6 Å². The second kappa shape index (κ2) is 4.61. The predicted molar refractivity (Wildman–Crippen MR) is 49.0 cm³/mol. The zero-order valence-corrected chi connectivity index (χ0v) is 8.91. The Kier molecular flexibility index (Phi) is 3.94. The molecule has 0 spiro atoms. The molecular weight excluding hydrogens is 266 g/mol. The Morgan fingerprint density at radius 3 is 2.64 bits per heavy atom. The smallest absolute Gasteiger partial charge is 0.292 e. The topological polar surface area (TPSA) is 3.24 Å². The van der Waals surface area contributed by atoms with Gasteiger partial charge in [0.05, 0.1) is 6.54 Å². The summed E-state index contributed by atoms with van der Waals surface area (Å²) in [4.78, 5) is 1.32. The molecule has 0 aromatic carbocycles. The summed E-state index contributed by atoms with van der Waals surface area (Å²) in [7, 11) is 0. The van der Waals surface area contributed by atoms with Crippen LogP contribution in [-0.2, 0) is 0 Å². The van der Waals surface area contributed by atoms with Crippen molar-refractivity contribution < 1.29 is 17.6 Å². The fourth-order valence-electron chi connectivity index (χ4n) is 1.26. The average Bonchev–Trinajstić information content (AvgIpc) is 2.02. The molecule has 0 N–H and O–H groups in total. The molecule has 1 heterocycles. The molecule has 1 rings (SSSR count). The summed E-state index contributed by atoms with van der Waals surface area (Å²) in [5, 5.41) is 0. The van der Waals surface area contributed by atoms with Gasteiger partial charge in [-0.1, -0.05) is 22.0 Å². The van der Waals surface area contributed by atoms with E-state index in [-0.39, 0.29) is 6.54 Å². The van der Waals surface area contributed by atoms with Crippen LogP contribution < -0.4 is 0 Å². The lowest BCUT2D eigenvalue weighted by atomic mass is 10.2. The van der Waals surface area contributed by atoms with Crippen molar-refractivity contribution in [2.45, 2.75) is 18.8 Å². The number of rotatable bonds is 3. The van der Waals surface area contributed by atoms with Crippen molar-refractivity contribution in [1.82, 2.24) is 4.90 Å². The van der Waals surface area contributed by atoms with Crippen LogP contribution in [0, 0.1) is 0 Å². The quantitative estimate of drug-likeness (QED) is 0.716. The third-order valence-corrected chi connectivity index (χ3v) is 2.51. The Balaban J connectivity index is 2.49. The Hall–Kier alpha value is -0.100. The molecule has 6 heteroatoms. The number of alkyl halides is 4. The molecule has 0 atom stereocenters. The largest absolute Gasteiger partial charge is 0.319 e. The summed E-state index contributed by atoms with van der Waals surface area (Å²) >= 11 is 3.16. The van der Waals surface area contributed by atoms with Crippen LogP contribution >= 0.6 is 15.9 Å². The molecule has 82 valence electrons. The first kappa shape index (κ1) is 12.0. The molecule has 0 aromatic rings. The maximum atomic E-state index is 12.6. The van der Waals surface area contributed by atoms with E-state index < -0.39 is 18.9 Å². The highest BCUT2D eigenvalue weighted by molar-refractivity contribution is 9.11. The molecule has 0 saturated heterocycles. The molecule has 0 aliphatic carbocycles. The zero-order chi connectivity index (χ0) is 10.8. The number of nitrogens with zero attached hydrogens (tertiary/aromatic N) is 1. The first-order valence-electron chi connectivity index (χ1n) is 4.14. The second-order valence-corrected chi connectivity index (χ2v) is 4.23. The lowest BCUT2D eigenvalue weighted by Gasteiger charge is -2.28. The van der Waals surface area contributed by atoms with Crippen LogP contribution in [0.3, 0.4) is 0 Å². The Morgan fingerprint density at radius 2 is 2.14 bits per heavy atom. The van der Waals surface area contributed by atoms with E-state index in [2.05, 4.69) is 15.9 Å². The zero-order valence-electron chi connectivity index (χ0n) is 7.32. The lowest BCUT2D eigenvalue weighted by molar-refractivity contribution is -0.141. The van der Waals surface area contributed by atoms with E-state index in [0.717, 1.165) is 4.48 Å². The van der Waals surface area contributed by atoms with Crippen molar-refractivity contribution in [3.63, 3.8) is 0 Å². The van der Waals surface area contributed by atoms with Gasteiger partial charge in [-0.2, -0.15) is 8.78 Å². The number of hydrogen-bond donors (Lipinski definition) is 0. The highest BCUT2D eigenvalue weighted by Gasteiger charge is 2.42. The summed E-state index contributed by atoms with van der Waals surface area (Å²) in [6.07, 6.45) is -1.12. The molecule has 1 aliphatic rings. The summed E-state index contributed by atoms with van der Waals surface area (Å²) in [5.74, 6) is -3.91. The van der Waals surface area contributed by atoms with Gasteiger partial charge in [-0.25, -0.2) is 8.78 Å². The molecular formula is C8H10BrF4N. The van der Waals surface area contributed by atoms with Gasteiger partial charge in [0.15, 0.2) is 0 Å². The standard InChI is InChI=1S/C8H10BrF4N/c9-6-2-1-3-14(4-6)5-8(12,13)7(10)11/h2,7H,1,3-5H2. The van der Waals surface area contributed by atoms with Crippen LogP contribution in [0.4, 0.5) is 17.6 Å². The van der Waals surface area contributed by atoms with E-state index in [1.165, 1.54) is 4.90 Å². The first-order valence-corrected chi connectivity index (χ1v) is 4.94. The number of halogens is 5. The van der Waals surface area contributed by atoms with Crippen molar-refractivity contribution in [2.24, 2.45) is 0 Å². The molecule has 14 heavy (non-hydrogen) atoms. The van der Waals surface area contributed by atoms with Crippen LogP contribution in [0.2, 0.25) is 0 Å².